The molecule has 0 spiro atoms. The molecule has 2 atom stereocenters. The van der Waals surface area contributed by atoms with Gasteiger partial charge >= 0.3 is 5.97 Å². The fraction of sp³-hybridized carbons (Fsp3) is 0.318. The molecule has 1 fully saturated rings. The van der Waals surface area contributed by atoms with E-state index in [2.05, 4.69) is 5.32 Å². The fourth-order valence-electron chi connectivity index (χ4n) is 3.28. The SMILES string of the molecule is COC(=O)[C@@H]1C[C@@H](OC)CN1C(=O)CNC(=O)c1ccc(Oc2ccc(F)cc2)cc1. The standard InChI is InChI=1S/C22H23FN2O6/c1-29-18-11-19(22(28)30-2)25(13-18)20(26)12-24-21(27)14-3-7-16(8-4-14)31-17-9-5-15(23)6-10-17/h3-10,18-19H,11-13H2,1-2H3,(H,24,27)/t18-,19+/m1/s1. The highest BCUT2D eigenvalue weighted by Crippen LogP contribution is 2.23. The molecule has 1 N–H and O–H groups in total. The number of nitrogens with zero attached hydrogens (tertiary/aromatic N) is 1. The molecular weight excluding hydrogens is 407 g/mol. The summed E-state index contributed by atoms with van der Waals surface area (Å²) in [6, 6.07) is 11.1. The normalized spacial score (nSPS) is 17.8. The molecule has 0 aliphatic carbocycles. The van der Waals surface area contributed by atoms with E-state index in [4.69, 9.17) is 14.2 Å². The third-order valence-electron chi connectivity index (χ3n) is 4.96. The van der Waals surface area contributed by atoms with Crippen LogP contribution in [0.15, 0.2) is 48.5 Å². The summed E-state index contributed by atoms with van der Waals surface area (Å²) in [5.41, 5.74) is 0.333. The van der Waals surface area contributed by atoms with Gasteiger partial charge in [-0.25, -0.2) is 9.18 Å². The van der Waals surface area contributed by atoms with Gasteiger partial charge in [0.05, 0.1) is 19.8 Å². The predicted octanol–water partition coefficient (Wildman–Crippen LogP) is 2.14. The maximum Gasteiger partial charge on any atom is 0.328 e. The summed E-state index contributed by atoms with van der Waals surface area (Å²) in [5, 5.41) is 2.56. The maximum absolute atomic E-state index is 13.0. The van der Waals surface area contributed by atoms with Crippen molar-refractivity contribution in [3.05, 3.63) is 59.9 Å². The molecule has 0 saturated carbocycles. The Morgan fingerprint density at radius 3 is 2.23 bits per heavy atom. The smallest absolute Gasteiger partial charge is 0.328 e. The molecule has 31 heavy (non-hydrogen) atoms. The number of rotatable bonds is 7. The number of methoxy groups -OCH3 is 2. The average molecular weight is 430 g/mol. The zero-order valence-electron chi connectivity index (χ0n) is 17.2. The van der Waals surface area contributed by atoms with Crippen molar-refractivity contribution in [2.75, 3.05) is 27.3 Å². The first kappa shape index (κ1) is 22.2. The number of carbonyl (C=O) groups excluding carboxylic acids is 3. The van der Waals surface area contributed by atoms with Crippen LogP contribution >= 0.6 is 0 Å². The van der Waals surface area contributed by atoms with E-state index in [0.29, 0.717) is 23.5 Å². The summed E-state index contributed by atoms with van der Waals surface area (Å²) in [5.74, 6) is -0.792. The van der Waals surface area contributed by atoms with E-state index in [1.807, 2.05) is 0 Å². The highest BCUT2D eigenvalue weighted by Gasteiger charge is 2.40. The molecular formula is C22H23FN2O6. The number of esters is 1. The van der Waals surface area contributed by atoms with Crippen LogP contribution in [0.4, 0.5) is 4.39 Å². The molecule has 1 aliphatic heterocycles. The number of likely N-dealkylation sites (tertiary alicyclic amines) is 1. The van der Waals surface area contributed by atoms with E-state index in [0.717, 1.165) is 0 Å². The largest absolute Gasteiger partial charge is 0.467 e. The molecule has 0 unspecified atom stereocenters. The Bertz CT molecular complexity index is 932. The van der Waals surface area contributed by atoms with Crippen molar-refractivity contribution >= 4 is 17.8 Å². The Kier molecular flexibility index (Phi) is 7.19. The predicted molar refractivity (Wildman–Crippen MR) is 108 cm³/mol. The van der Waals surface area contributed by atoms with Crippen LogP contribution < -0.4 is 10.1 Å². The van der Waals surface area contributed by atoms with Gasteiger partial charge in [-0.2, -0.15) is 0 Å². The Labute approximate surface area is 178 Å². The number of hydrogen-bond donors (Lipinski definition) is 1. The van der Waals surface area contributed by atoms with Crippen molar-refractivity contribution in [2.45, 2.75) is 18.6 Å². The third kappa shape index (κ3) is 5.58. The Balaban J connectivity index is 1.55. The van der Waals surface area contributed by atoms with Gasteiger partial charge in [-0.15, -0.1) is 0 Å². The second-order valence-electron chi connectivity index (χ2n) is 6.94. The van der Waals surface area contributed by atoms with Gasteiger partial charge in [0.2, 0.25) is 5.91 Å². The number of ether oxygens (including phenoxy) is 3. The second-order valence-corrected chi connectivity index (χ2v) is 6.94. The zero-order chi connectivity index (χ0) is 22.4. The third-order valence-corrected chi connectivity index (χ3v) is 4.96. The molecule has 8 nitrogen and oxygen atoms in total. The Morgan fingerprint density at radius 1 is 1.03 bits per heavy atom. The highest BCUT2D eigenvalue weighted by molar-refractivity contribution is 5.97. The van der Waals surface area contributed by atoms with Crippen LogP contribution in [0.5, 0.6) is 11.5 Å². The van der Waals surface area contributed by atoms with Crippen LogP contribution in [0.25, 0.3) is 0 Å². The minimum Gasteiger partial charge on any atom is -0.467 e. The quantitative estimate of drug-likeness (QED) is 0.677. The van der Waals surface area contributed by atoms with Gasteiger partial charge in [-0.05, 0) is 48.5 Å². The van der Waals surface area contributed by atoms with Crippen LogP contribution in [-0.2, 0) is 19.1 Å². The summed E-state index contributed by atoms with van der Waals surface area (Å²) in [6.07, 6.45) is 0.0793. The van der Waals surface area contributed by atoms with Gasteiger partial charge in [0.25, 0.3) is 5.91 Å². The zero-order valence-corrected chi connectivity index (χ0v) is 17.2. The summed E-state index contributed by atoms with van der Waals surface area (Å²) < 4.78 is 28.5. The number of halogens is 1. The maximum atomic E-state index is 13.0. The second kappa shape index (κ2) is 10.0. The van der Waals surface area contributed by atoms with Crippen molar-refractivity contribution in [3.8, 4) is 11.5 Å². The summed E-state index contributed by atoms with van der Waals surface area (Å²) in [7, 11) is 2.77. The van der Waals surface area contributed by atoms with E-state index >= 15 is 0 Å². The molecule has 164 valence electrons. The van der Waals surface area contributed by atoms with Gasteiger partial charge < -0.3 is 24.4 Å². The molecule has 0 aromatic heterocycles. The number of benzene rings is 2. The van der Waals surface area contributed by atoms with Crippen molar-refractivity contribution < 1.29 is 33.0 Å². The minimum atomic E-state index is -0.734. The van der Waals surface area contributed by atoms with Crippen LogP contribution in [0, 0.1) is 5.82 Å². The van der Waals surface area contributed by atoms with Crippen LogP contribution in [0.3, 0.4) is 0 Å². The van der Waals surface area contributed by atoms with Crippen LogP contribution in [0.2, 0.25) is 0 Å². The van der Waals surface area contributed by atoms with Gasteiger partial charge in [0.1, 0.15) is 23.4 Å². The van der Waals surface area contributed by atoms with Gasteiger partial charge in [-0.1, -0.05) is 0 Å². The first-order valence-electron chi connectivity index (χ1n) is 9.63. The molecule has 3 rings (SSSR count). The van der Waals surface area contributed by atoms with E-state index < -0.39 is 23.8 Å². The summed E-state index contributed by atoms with van der Waals surface area (Å²) >= 11 is 0. The molecule has 1 saturated heterocycles. The highest BCUT2D eigenvalue weighted by atomic mass is 19.1. The molecule has 2 amide bonds. The van der Waals surface area contributed by atoms with Crippen molar-refractivity contribution in [1.29, 1.82) is 0 Å². The van der Waals surface area contributed by atoms with Gasteiger partial charge in [-0.3, -0.25) is 9.59 Å². The van der Waals surface area contributed by atoms with E-state index in [1.54, 1.807) is 24.3 Å². The lowest BCUT2D eigenvalue weighted by Crippen LogP contribution is -2.46. The van der Waals surface area contributed by atoms with Gasteiger partial charge in [0, 0.05) is 25.6 Å². The lowest BCUT2D eigenvalue weighted by molar-refractivity contribution is -0.150. The molecule has 9 heteroatoms. The number of carbonyl (C=O) groups is 3. The van der Waals surface area contributed by atoms with Crippen molar-refractivity contribution in [2.24, 2.45) is 0 Å². The van der Waals surface area contributed by atoms with E-state index in [1.165, 1.54) is 43.4 Å². The Morgan fingerprint density at radius 2 is 1.65 bits per heavy atom. The number of hydrogen-bond acceptors (Lipinski definition) is 6. The number of amides is 2. The lowest BCUT2D eigenvalue weighted by Gasteiger charge is -2.22. The molecule has 0 radical (unpaired) electrons. The van der Waals surface area contributed by atoms with E-state index in [9.17, 15) is 18.8 Å². The summed E-state index contributed by atoms with van der Waals surface area (Å²) in [6.45, 7) is -0.0169. The molecule has 0 bridgehead atoms. The fourth-order valence-corrected chi connectivity index (χ4v) is 3.28. The van der Waals surface area contributed by atoms with Crippen molar-refractivity contribution in [3.63, 3.8) is 0 Å². The number of nitrogens with one attached hydrogen (secondary N) is 1. The molecule has 2 aromatic carbocycles. The first-order chi connectivity index (χ1) is 14.9. The monoisotopic (exact) mass is 430 g/mol. The topological polar surface area (TPSA) is 94.2 Å². The molecule has 1 heterocycles. The molecule has 1 aliphatic rings. The Hall–Kier alpha value is -3.46. The van der Waals surface area contributed by atoms with Crippen LogP contribution in [0.1, 0.15) is 16.8 Å². The van der Waals surface area contributed by atoms with Gasteiger partial charge in [0.15, 0.2) is 0 Å². The minimum absolute atomic E-state index is 0.250. The molecule has 2 aromatic rings. The average Bonchev–Trinajstić information content (AvgIpc) is 3.23. The lowest BCUT2D eigenvalue weighted by atomic mass is 10.2. The first-order valence-corrected chi connectivity index (χ1v) is 9.63. The van der Waals surface area contributed by atoms with E-state index in [-0.39, 0.29) is 25.0 Å². The summed E-state index contributed by atoms with van der Waals surface area (Å²) in [4.78, 5) is 38.2. The van der Waals surface area contributed by atoms with Crippen molar-refractivity contribution in [1.82, 2.24) is 10.2 Å². The van der Waals surface area contributed by atoms with Crippen LogP contribution in [-0.4, -0.2) is 62.1 Å².